The molecule has 0 spiro atoms. The van der Waals surface area contributed by atoms with Crippen molar-refractivity contribution in [2.75, 3.05) is 13.2 Å². The molecule has 19 heavy (non-hydrogen) atoms. The van der Waals surface area contributed by atoms with E-state index in [-0.39, 0.29) is 6.17 Å². The van der Waals surface area contributed by atoms with Gasteiger partial charge in [0, 0.05) is 13.2 Å². The molecular formula is C16H36N2O. The monoisotopic (exact) mass is 272 g/mol. The lowest BCUT2D eigenvalue weighted by atomic mass is 10.1. The smallest absolute Gasteiger partial charge is 0.0521 e. The molecule has 0 aliphatic rings. The predicted octanol–water partition coefficient (Wildman–Crippen LogP) is 3.95. The first-order chi connectivity index (χ1) is 9.27. The van der Waals surface area contributed by atoms with Crippen LogP contribution in [-0.2, 0) is 4.74 Å². The summed E-state index contributed by atoms with van der Waals surface area (Å²) in [6, 6.07) is 0. The van der Waals surface area contributed by atoms with E-state index in [2.05, 4.69) is 6.92 Å². The molecule has 0 unspecified atom stereocenters. The number of hydrogen-bond acceptors (Lipinski definition) is 3. The molecule has 4 N–H and O–H groups in total. The number of rotatable bonds is 15. The van der Waals surface area contributed by atoms with Crippen LogP contribution < -0.4 is 11.5 Å². The molecule has 3 nitrogen and oxygen atoms in total. The number of unbranched alkanes of at least 4 members (excludes halogenated alkanes) is 9. The van der Waals surface area contributed by atoms with Crippen LogP contribution in [0.3, 0.4) is 0 Å². The van der Waals surface area contributed by atoms with Crippen LogP contribution >= 0.6 is 0 Å². The molecule has 0 amide bonds. The van der Waals surface area contributed by atoms with Gasteiger partial charge in [-0.2, -0.15) is 0 Å². The van der Waals surface area contributed by atoms with Crippen LogP contribution in [0.5, 0.6) is 0 Å². The van der Waals surface area contributed by atoms with Gasteiger partial charge in [-0.1, -0.05) is 64.7 Å². The van der Waals surface area contributed by atoms with E-state index in [0.29, 0.717) is 0 Å². The van der Waals surface area contributed by atoms with Crippen molar-refractivity contribution in [3.05, 3.63) is 0 Å². The van der Waals surface area contributed by atoms with E-state index >= 15 is 0 Å². The number of nitrogens with two attached hydrogens (primary N) is 2. The summed E-state index contributed by atoms with van der Waals surface area (Å²) in [5.74, 6) is 0. The Morgan fingerprint density at radius 2 is 1.16 bits per heavy atom. The maximum Gasteiger partial charge on any atom is 0.0521 e. The maximum atomic E-state index is 5.54. The average Bonchev–Trinajstić information content (AvgIpc) is 2.39. The van der Waals surface area contributed by atoms with Gasteiger partial charge in [0.05, 0.1) is 6.17 Å². The van der Waals surface area contributed by atoms with Crippen LogP contribution in [0.15, 0.2) is 0 Å². The third kappa shape index (κ3) is 17.9. The lowest BCUT2D eigenvalue weighted by Crippen LogP contribution is -2.30. The fourth-order valence-corrected chi connectivity index (χ4v) is 2.21. The van der Waals surface area contributed by atoms with Gasteiger partial charge in [0.1, 0.15) is 0 Å². The second kappa shape index (κ2) is 15.9. The van der Waals surface area contributed by atoms with Crippen LogP contribution in [0, 0.1) is 0 Å². The molecule has 0 aliphatic heterocycles. The first-order valence-corrected chi connectivity index (χ1v) is 8.36. The van der Waals surface area contributed by atoms with Gasteiger partial charge in [-0.3, -0.25) is 0 Å². The summed E-state index contributed by atoms with van der Waals surface area (Å²) in [6.07, 6.45) is 15.4. The summed E-state index contributed by atoms with van der Waals surface area (Å²) in [7, 11) is 0. The van der Waals surface area contributed by atoms with Crippen molar-refractivity contribution in [2.45, 2.75) is 90.1 Å². The molecule has 0 aromatic heterocycles. The van der Waals surface area contributed by atoms with Crippen molar-refractivity contribution in [1.82, 2.24) is 0 Å². The first kappa shape index (κ1) is 18.9. The third-order valence-electron chi connectivity index (χ3n) is 3.47. The highest BCUT2D eigenvalue weighted by Crippen LogP contribution is 2.10. The number of ether oxygens (including phenoxy) is 1. The summed E-state index contributed by atoms with van der Waals surface area (Å²) < 4.78 is 5.54. The van der Waals surface area contributed by atoms with Crippen molar-refractivity contribution < 1.29 is 4.74 Å². The Balaban J connectivity index is 2.91. The Morgan fingerprint density at radius 3 is 1.68 bits per heavy atom. The summed E-state index contributed by atoms with van der Waals surface area (Å²) >= 11 is 0. The minimum absolute atomic E-state index is 0.180. The van der Waals surface area contributed by atoms with E-state index in [1.807, 2.05) is 0 Å². The molecular weight excluding hydrogens is 236 g/mol. The Labute approximate surface area is 120 Å². The zero-order chi connectivity index (χ0) is 14.2. The second-order valence-corrected chi connectivity index (χ2v) is 5.60. The highest BCUT2D eigenvalue weighted by molar-refractivity contribution is 4.50. The summed E-state index contributed by atoms with van der Waals surface area (Å²) in [5.41, 5.74) is 10.9. The Morgan fingerprint density at radius 1 is 0.684 bits per heavy atom. The number of hydrogen-bond donors (Lipinski definition) is 2. The van der Waals surface area contributed by atoms with Gasteiger partial charge in [0.25, 0.3) is 0 Å². The van der Waals surface area contributed by atoms with E-state index < -0.39 is 0 Å². The summed E-state index contributed by atoms with van der Waals surface area (Å²) in [5, 5.41) is 0. The molecule has 0 rings (SSSR count). The second-order valence-electron chi connectivity index (χ2n) is 5.60. The lowest BCUT2D eigenvalue weighted by molar-refractivity contribution is 0.125. The Kier molecular flexibility index (Phi) is 15.8. The van der Waals surface area contributed by atoms with Crippen molar-refractivity contribution in [2.24, 2.45) is 11.5 Å². The molecule has 0 aliphatic carbocycles. The van der Waals surface area contributed by atoms with Crippen LogP contribution in [0.2, 0.25) is 0 Å². The predicted molar refractivity (Wildman–Crippen MR) is 84.1 cm³/mol. The Hall–Kier alpha value is -0.120. The molecule has 0 heterocycles. The quantitative estimate of drug-likeness (QED) is 0.350. The molecule has 116 valence electrons. The van der Waals surface area contributed by atoms with E-state index in [0.717, 1.165) is 26.1 Å². The molecule has 3 heteroatoms. The highest BCUT2D eigenvalue weighted by atomic mass is 16.5. The third-order valence-corrected chi connectivity index (χ3v) is 3.47. The topological polar surface area (TPSA) is 61.3 Å². The largest absolute Gasteiger partial charge is 0.381 e. The van der Waals surface area contributed by atoms with E-state index in [4.69, 9.17) is 16.2 Å². The van der Waals surface area contributed by atoms with Crippen molar-refractivity contribution in [3.8, 4) is 0 Å². The highest BCUT2D eigenvalue weighted by Gasteiger charge is 1.95. The first-order valence-electron chi connectivity index (χ1n) is 8.36. The molecule has 0 saturated heterocycles. The van der Waals surface area contributed by atoms with Gasteiger partial charge in [-0.05, 0) is 19.3 Å². The van der Waals surface area contributed by atoms with E-state index in [1.165, 1.54) is 64.2 Å². The average molecular weight is 272 g/mol. The molecule has 0 bridgehead atoms. The lowest BCUT2D eigenvalue weighted by Gasteiger charge is -2.06. The normalized spacial score (nSPS) is 11.4. The van der Waals surface area contributed by atoms with Gasteiger partial charge in [-0.25, -0.2) is 0 Å². The van der Waals surface area contributed by atoms with Gasteiger partial charge in [0.15, 0.2) is 0 Å². The van der Waals surface area contributed by atoms with Crippen LogP contribution in [0.25, 0.3) is 0 Å². The zero-order valence-corrected chi connectivity index (χ0v) is 13.0. The van der Waals surface area contributed by atoms with Gasteiger partial charge in [-0.15, -0.1) is 0 Å². The standard InChI is InChI=1S/C16H36N2O/c1-2-3-4-5-6-7-8-9-10-11-14-19-15-12-13-16(17)18/h16H,2-15,17-18H2,1H3. The molecule has 0 saturated carbocycles. The fourth-order valence-electron chi connectivity index (χ4n) is 2.21. The van der Waals surface area contributed by atoms with Gasteiger partial charge in [0.2, 0.25) is 0 Å². The molecule has 0 aromatic rings. The maximum absolute atomic E-state index is 5.54. The van der Waals surface area contributed by atoms with Gasteiger partial charge < -0.3 is 16.2 Å². The summed E-state index contributed by atoms with van der Waals surface area (Å²) in [4.78, 5) is 0. The SMILES string of the molecule is CCCCCCCCCCCCOCCCC(N)N. The molecule has 0 radical (unpaired) electrons. The molecule has 0 atom stereocenters. The molecule has 0 fully saturated rings. The minimum atomic E-state index is -0.180. The zero-order valence-electron chi connectivity index (χ0n) is 13.0. The summed E-state index contributed by atoms with van der Waals surface area (Å²) in [6.45, 7) is 3.98. The van der Waals surface area contributed by atoms with Crippen LogP contribution in [-0.4, -0.2) is 19.4 Å². The van der Waals surface area contributed by atoms with Crippen molar-refractivity contribution in [3.63, 3.8) is 0 Å². The van der Waals surface area contributed by atoms with E-state index in [9.17, 15) is 0 Å². The minimum Gasteiger partial charge on any atom is -0.381 e. The fraction of sp³-hybridized carbons (Fsp3) is 1.00. The van der Waals surface area contributed by atoms with Gasteiger partial charge >= 0.3 is 0 Å². The Bertz CT molecular complexity index is 163. The van der Waals surface area contributed by atoms with Crippen LogP contribution in [0.4, 0.5) is 0 Å². The van der Waals surface area contributed by atoms with Crippen LogP contribution in [0.1, 0.15) is 84.0 Å². The van der Waals surface area contributed by atoms with Crippen molar-refractivity contribution >= 4 is 0 Å². The molecule has 0 aromatic carbocycles. The van der Waals surface area contributed by atoms with E-state index in [1.54, 1.807) is 0 Å². The van der Waals surface area contributed by atoms with Crippen molar-refractivity contribution in [1.29, 1.82) is 0 Å².